The molecule has 1 aromatic carbocycles. The summed E-state index contributed by atoms with van der Waals surface area (Å²) in [6.07, 6.45) is 0.811. The van der Waals surface area contributed by atoms with Crippen molar-refractivity contribution in [2.45, 2.75) is 44.0 Å². The lowest BCUT2D eigenvalue weighted by Gasteiger charge is -2.25. The summed E-state index contributed by atoms with van der Waals surface area (Å²) in [5, 5.41) is 0.483. The lowest BCUT2D eigenvalue weighted by molar-refractivity contribution is 0.338. The SMILES string of the molecule is CC(C)CC(C)N(C)S(=O)(=O)c1ccc(Cl)c(CCl)c1. The summed E-state index contributed by atoms with van der Waals surface area (Å²) in [6, 6.07) is 4.58. The Kier molecular flexibility index (Phi) is 6.32. The minimum Gasteiger partial charge on any atom is -0.207 e. The van der Waals surface area contributed by atoms with Crippen LogP contribution < -0.4 is 0 Å². The van der Waals surface area contributed by atoms with Gasteiger partial charge in [0.1, 0.15) is 0 Å². The van der Waals surface area contributed by atoms with Gasteiger partial charge in [-0.25, -0.2) is 8.42 Å². The lowest BCUT2D eigenvalue weighted by Crippen LogP contribution is -2.35. The molecule has 1 unspecified atom stereocenters. The molecule has 1 atom stereocenters. The summed E-state index contributed by atoms with van der Waals surface area (Å²) in [6.45, 7) is 6.06. The maximum Gasteiger partial charge on any atom is 0.243 e. The highest BCUT2D eigenvalue weighted by Crippen LogP contribution is 2.25. The van der Waals surface area contributed by atoms with Gasteiger partial charge in [-0.15, -0.1) is 11.6 Å². The number of halogens is 2. The molecular formula is C14H21Cl2NO2S. The van der Waals surface area contributed by atoms with Crippen molar-refractivity contribution in [3.8, 4) is 0 Å². The zero-order valence-electron chi connectivity index (χ0n) is 12.2. The topological polar surface area (TPSA) is 37.4 Å². The highest BCUT2D eigenvalue weighted by molar-refractivity contribution is 7.89. The second-order valence-corrected chi connectivity index (χ2v) is 8.06. The first kappa shape index (κ1) is 17.8. The quantitative estimate of drug-likeness (QED) is 0.731. The molecule has 3 nitrogen and oxygen atoms in total. The fraction of sp³-hybridized carbons (Fsp3) is 0.571. The van der Waals surface area contributed by atoms with Crippen molar-refractivity contribution in [1.29, 1.82) is 0 Å². The monoisotopic (exact) mass is 337 g/mol. The molecule has 0 radical (unpaired) electrons. The van der Waals surface area contributed by atoms with Gasteiger partial charge >= 0.3 is 0 Å². The van der Waals surface area contributed by atoms with Crippen molar-refractivity contribution >= 4 is 33.2 Å². The number of hydrogen-bond donors (Lipinski definition) is 0. The molecule has 6 heteroatoms. The predicted octanol–water partition coefficient (Wildman–Crippen LogP) is 4.13. The smallest absolute Gasteiger partial charge is 0.207 e. The Labute approximate surface area is 131 Å². The van der Waals surface area contributed by atoms with Gasteiger partial charge < -0.3 is 0 Å². The van der Waals surface area contributed by atoms with E-state index in [-0.39, 0.29) is 16.8 Å². The van der Waals surface area contributed by atoms with Crippen molar-refractivity contribution in [2.75, 3.05) is 7.05 Å². The summed E-state index contributed by atoms with van der Waals surface area (Å²) in [4.78, 5) is 0.232. The molecule has 0 N–H and O–H groups in total. The Morgan fingerprint density at radius 1 is 1.25 bits per heavy atom. The van der Waals surface area contributed by atoms with Gasteiger partial charge in [-0.3, -0.25) is 0 Å². The second-order valence-electron chi connectivity index (χ2n) is 5.39. The fourth-order valence-electron chi connectivity index (χ4n) is 2.05. The van der Waals surface area contributed by atoms with E-state index in [0.29, 0.717) is 16.5 Å². The molecule has 1 aromatic rings. The third-order valence-corrected chi connectivity index (χ3v) is 5.90. The molecule has 20 heavy (non-hydrogen) atoms. The summed E-state index contributed by atoms with van der Waals surface area (Å²) < 4.78 is 26.6. The first-order valence-corrected chi connectivity index (χ1v) is 8.87. The molecule has 0 amide bonds. The van der Waals surface area contributed by atoms with Crippen LogP contribution in [0.15, 0.2) is 23.1 Å². The van der Waals surface area contributed by atoms with Crippen LogP contribution in [0.1, 0.15) is 32.8 Å². The Morgan fingerprint density at radius 2 is 1.85 bits per heavy atom. The summed E-state index contributed by atoms with van der Waals surface area (Å²) in [5.74, 6) is 0.624. The summed E-state index contributed by atoms with van der Waals surface area (Å²) in [7, 11) is -1.91. The van der Waals surface area contributed by atoms with E-state index in [9.17, 15) is 8.42 Å². The molecule has 0 saturated carbocycles. The van der Waals surface area contributed by atoms with Crippen molar-refractivity contribution in [3.63, 3.8) is 0 Å². The van der Waals surface area contributed by atoms with Gasteiger partial charge in [0, 0.05) is 24.0 Å². The molecule has 0 heterocycles. The van der Waals surface area contributed by atoms with E-state index in [2.05, 4.69) is 13.8 Å². The van der Waals surface area contributed by atoms with Crippen molar-refractivity contribution in [3.05, 3.63) is 28.8 Å². The molecule has 0 bridgehead atoms. The van der Waals surface area contributed by atoms with Crippen LogP contribution in [0, 0.1) is 5.92 Å². The molecule has 0 aliphatic rings. The van der Waals surface area contributed by atoms with Gasteiger partial charge in [0.05, 0.1) is 4.90 Å². The van der Waals surface area contributed by atoms with Gasteiger partial charge in [0.25, 0.3) is 0 Å². The van der Waals surface area contributed by atoms with E-state index in [1.807, 2.05) is 6.92 Å². The lowest BCUT2D eigenvalue weighted by atomic mass is 10.1. The minimum absolute atomic E-state index is 0.0601. The van der Waals surface area contributed by atoms with Gasteiger partial charge in [-0.2, -0.15) is 4.31 Å². The van der Waals surface area contributed by atoms with Gasteiger partial charge in [-0.1, -0.05) is 25.4 Å². The van der Waals surface area contributed by atoms with Crippen LogP contribution in [0.2, 0.25) is 5.02 Å². The maximum atomic E-state index is 12.6. The largest absolute Gasteiger partial charge is 0.243 e. The van der Waals surface area contributed by atoms with Crippen LogP contribution in [-0.2, 0) is 15.9 Å². The first-order chi connectivity index (χ1) is 9.20. The summed E-state index contributed by atoms with van der Waals surface area (Å²) in [5.41, 5.74) is 0.624. The van der Waals surface area contributed by atoms with E-state index in [1.165, 1.54) is 10.4 Å². The number of benzene rings is 1. The molecule has 0 aliphatic heterocycles. The second kappa shape index (κ2) is 7.12. The zero-order valence-corrected chi connectivity index (χ0v) is 14.6. The van der Waals surface area contributed by atoms with E-state index >= 15 is 0 Å². The molecule has 114 valence electrons. The Hall–Kier alpha value is -0.290. The molecule has 0 aliphatic carbocycles. The van der Waals surface area contributed by atoms with Crippen molar-refractivity contribution in [1.82, 2.24) is 4.31 Å². The predicted molar refractivity (Wildman–Crippen MR) is 84.9 cm³/mol. The van der Waals surface area contributed by atoms with E-state index < -0.39 is 10.0 Å². The van der Waals surface area contributed by atoms with Crippen molar-refractivity contribution < 1.29 is 8.42 Å². The Morgan fingerprint density at radius 3 is 2.35 bits per heavy atom. The normalized spacial score (nSPS) is 14.0. The third kappa shape index (κ3) is 4.10. The number of hydrogen-bond acceptors (Lipinski definition) is 2. The van der Waals surface area contributed by atoms with Crippen LogP contribution in [0.4, 0.5) is 0 Å². The van der Waals surface area contributed by atoms with Gasteiger partial charge in [0.15, 0.2) is 0 Å². The number of sulfonamides is 1. The molecule has 0 fully saturated rings. The van der Waals surface area contributed by atoms with E-state index in [1.54, 1.807) is 19.2 Å². The van der Waals surface area contributed by atoms with Crippen LogP contribution in [-0.4, -0.2) is 25.8 Å². The number of nitrogens with zero attached hydrogens (tertiary/aromatic N) is 1. The zero-order chi connectivity index (χ0) is 15.5. The van der Waals surface area contributed by atoms with Gasteiger partial charge in [-0.05, 0) is 43.0 Å². The average Bonchev–Trinajstić information content (AvgIpc) is 2.37. The van der Waals surface area contributed by atoms with Crippen LogP contribution in [0.25, 0.3) is 0 Å². The van der Waals surface area contributed by atoms with Crippen LogP contribution in [0.5, 0.6) is 0 Å². The standard InChI is InChI=1S/C14H21Cl2NO2S/c1-10(2)7-11(3)17(4)20(18,19)13-5-6-14(16)12(8-13)9-15/h5-6,8,10-11H,7,9H2,1-4H3. The van der Waals surface area contributed by atoms with Crippen LogP contribution >= 0.6 is 23.2 Å². The highest BCUT2D eigenvalue weighted by Gasteiger charge is 2.26. The van der Waals surface area contributed by atoms with E-state index in [0.717, 1.165) is 6.42 Å². The summed E-state index contributed by atoms with van der Waals surface area (Å²) >= 11 is 11.7. The molecule has 1 rings (SSSR count). The Balaban J connectivity index is 3.10. The van der Waals surface area contributed by atoms with E-state index in [4.69, 9.17) is 23.2 Å². The Bertz CT molecular complexity index is 558. The number of alkyl halides is 1. The minimum atomic E-state index is -3.52. The van der Waals surface area contributed by atoms with Crippen LogP contribution in [0.3, 0.4) is 0 Å². The maximum absolute atomic E-state index is 12.6. The van der Waals surface area contributed by atoms with Gasteiger partial charge in [0.2, 0.25) is 10.0 Å². The molecule has 0 spiro atoms. The molecule has 0 saturated heterocycles. The first-order valence-electron chi connectivity index (χ1n) is 6.52. The molecule has 0 aromatic heterocycles. The average molecular weight is 338 g/mol. The number of rotatable bonds is 6. The highest BCUT2D eigenvalue weighted by atomic mass is 35.5. The molecular weight excluding hydrogens is 317 g/mol. The van der Waals surface area contributed by atoms with Crippen molar-refractivity contribution in [2.24, 2.45) is 5.92 Å². The fourth-order valence-corrected chi connectivity index (χ4v) is 3.95. The third-order valence-electron chi connectivity index (χ3n) is 3.27.